The molecule has 0 saturated carbocycles. The summed E-state index contributed by atoms with van der Waals surface area (Å²) in [6.07, 6.45) is -0.405. The van der Waals surface area contributed by atoms with Gasteiger partial charge in [-0.15, -0.1) is 0 Å². The Balaban J connectivity index is 1.58. The van der Waals surface area contributed by atoms with Crippen molar-refractivity contribution in [2.24, 2.45) is 0 Å². The number of ether oxygens (including phenoxy) is 2. The third-order valence-electron chi connectivity index (χ3n) is 5.38. The van der Waals surface area contributed by atoms with Crippen LogP contribution in [0.25, 0.3) is 11.1 Å². The van der Waals surface area contributed by atoms with Crippen molar-refractivity contribution in [2.75, 3.05) is 6.54 Å². The van der Waals surface area contributed by atoms with Crippen molar-refractivity contribution in [3.05, 3.63) is 96.1 Å². The van der Waals surface area contributed by atoms with Gasteiger partial charge in [-0.2, -0.15) is 0 Å². The minimum absolute atomic E-state index is 0.0174. The normalized spacial score (nSPS) is 11.8. The van der Waals surface area contributed by atoms with Gasteiger partial charge in [0, 0.05) is 13.0 Å². The van der Waals surface area contributed by atoms with Gasteiger partial charge in [0.1, 0.15) is 18.2 Å². The number of benzene rings is 3. The van der Waals surface area contributed by atoms with E-state index in [9.17, 15) is 14.4 Å². The first-order valence-corrected chi connectivity index (χ1v) is 12.3. The van der Waals surface area contributed by atoms with E-state index in [0.717, 1.165) is 22.3 Å². The maximum absolute atomic E-state index is 13.0. The molecule has 37 heavy (non-hydrogen) atoms. The Labute approximate surface area is 218 Å². The molecule has 3 aromatic carbocycles. The number of alkyl carbamates (subject to hydrolysis) is 1. The Morgan fingerprint density at radius 2 is 1.38 bits per heavy atom. The summed E-state index contributed by atoms with van der Waals surface area (Å²) in [5, 5.41) is 5.39. The number of rotatable bonds is 10. The third kappa shape index (κ3) is 9.80. The first kappa shape index (κ1) is 27.5. The van der Waals surface area contributed by atoms with Crippen LogP contribution >= 0.6 is 0 Å². The molecule has 0 aliphatic carbocycles. The number of hydrogen-bond donors (Lipinski definition) is 2. The highest BCUT2D eigenvalue weighted by Crippen LogP contribution is 2.20. The van der Waals surface area contributed by atoms with Crippen LogP contribution in [0.5, 0.6) is 0 Å². The first-order valence-electron chi connectivity index (χ1n) is 12.3. The largest absolute Gasteiger partial charge is 0.461 e. The molecule has 0 heterocycles. The molecule has 0 fully saturated rings. The van der Waals surface area contributed by atoms with E-state index in [1.54, 1.807) is 20.8 Å². The maximum atomic E-state index is 13.0. The van der Waals surface area contributed by atoms with Crippen LogP contribution in [0.15, 0.2) is 84.9 Å². The van der Waals surface area contributed by atoms with Gasteiger partial charge in [-0.1, -0.05) is 84.9 Å². The minimum atomic E-state index is -0.877. The highest BCUT2D eigenvalue weighted by Gasteiger charge is 2.25. The van der Waals surface area contributed by atoms with Crippen LogP contribution in [0, 0.1) is 0 Å². The fourth-order valence-corrected chi connectivity index (χ4v) is 3.58. The van der Waals surface area contributed by atoms with Crippen LogP contribution in [0.1, 0.15) is 38.3 Å². The highest BCUT2D eigenvalue weighted by atomic mass is 16.6. The predicted molar refractivity (Wildman–Crippen MR) is 143 cm³/mol. The van der Waals surface area contributed by atoms with E-state index in [0.29, 0.717) is 0 Å². The van der Waals surface area contributed by atoms with E-state index in [1.165, 1.54) is 0 Å². The number of esters is 1. The molecule has 0 unspecified atom stereocenters. The van der Waals surface area contributed by atoms with Gasteiger partial charge in [0.25, 0.3) is 0 Å². The summed E-state index contributed by atoms with van der Waals surface area (Å²) < 4.78 is 10.6. The van der Waals surface area contributed by atoms with Crippen LogP contribution in [-0.2, 0) is 32.1 Å². The van der Waals surface area contributed by atoms with Crippen molar-refractivity contribution in [3.63, 3.8) is 0 Å². The zero-order chi connectivity index (χ0) is 26.7. The number of nitrogens with one attached hydrogen (secondary N) is 2. The van der Waals surface area contributed by atoms with E-state index in [1.807, 2.05) is 84.9 Å². The van der Waals surface area contributed by atoms with E-state index in [2.05, 4.69) is 10.6 Å². The fourth-order valence-electron chi connectivity index (χ4n) is 3.58. The van der Waals surface area contributed by atoms with Crippen molar-refractivity contribution in [1.82, 2.24) is 10.6 Å². The second kappa shape index (κ2) is 13.3. The molecular formula is C30H34N2O5. The molecule has 2 N–H and O–H groups in total. The molecule has 0 spiro atoms. The highest BCUT2D eigenvalue weighted by molar-refractivity contribution is 5.86. The Morgan fingerprint density at radius 3 is 2.00 bits per heavy atom. The summed E-state index contributed by atoms with van der Waals surface area (Å²) in [7, 11) is 0. The molecule has 7 heteroatoms. The molecule has 0 aliphatic heterocycles. The summed E-state index contributed by atoms with van der Waals surface area (Å²) in [6.45, 7) is 5.53. The number of amides is 2. The molecule has 1 atom stereocenters. The van der Waals surface area contributed by atoms with Gasteiger partial charge in [0.05, 0.1) is 6.42 Å². The molecule has 2 amide bonds. The number of carbonyl (C=O) groups is 3. The number of carbonyl (C=O) groups excluding carboxylic acids is 3. The minimum Gasteiger partial charge on any atom is -0.461 e. The van der Waals surface area contributed by atoms with Crippen molar-refractivity contribution >= 4 is 18.0 Å². The summed E-state index contributed by atoms with van der Waals surface area (Å²) in [4.78, 5) is 37.5. The summed E-state index contributed by atoms with van der Waals surface area (Å²) in [6, 6.07) is 26.3. The Hall–Kier alpha value is -4.13. The average Bonchev–Trinajstić information content (AvgIpc) is 2.87. The third-order valence-corrected chi connectivity index (χ3v) is 5.38. The summed E-state index contributed by atoms with van der Waals surface area (Å²) in [5.41, 5.74) is 3.21. The van der Waals surface area contributed by atoms with Crippen molar-refractivity contribution in [2.45, 2.75) is 51.9 Å². The summed E-state index contributed by atoms with van der Waals surface area (Å²) >= 11 is 0. The van der Waals surface area contributed by atoms with Gasteiger partial charge in [0.15, 0.2) is 0 Å². The molecule has 3 aromatic rings. The Bertz CT molecular complexity index is 1160. The molecular weight excluding hydrogens is 468 g/mol. The standard InChI is InChI=1S/C30H34N2O5/c1-30(2,3)37-29(35)32-26(20-22-14-16-25(17-15-22)24-12-8-5-9-13-24)28(34)31-19-18-27(33)36-21-23-10-6-4-7-11-23/h4-17,26H,18-21H2,1-3H3,(H,31,34)(H,32,35)/t26-/m0/s1. The average molecular weight is 503 g/mol. The molecule has 0 bridgehead atoms. The van der Waals surface area contributed by atoms with Crippen LogP contribution in [0.2, 0.25) is 0 Å². The van der Waals surface area contributed by atoms with E-state index in [-0.39, 0.29) is 26.0 Å². The SMILES string of the molecule is CC(C)(C)OC(=O)N[C@@H](Cc1ccc(-c2ccccc2)cc1)C(=O)NCCC(=O)OCc1ccccc1. The lowest BCUT2D eigenvalue weighted by Crippen LogP contribution is -2.49. The lowest BCUT2D eigenvalue weighted by Gasteiger charge is -2.23. The van der Waals surface area contributed by atoms with Gasteiger partial charge >= 0.3 is 12.1 Å². The molecule has 0 saturated heterocycles. The molecule has 0 aliphatic rings. The van der Waals surface area contributed by atoms with Gasteiger partial charge in [-0.05, 0) is 43.0 Å². The molecule has 0 aromatic heterocycles. The fraction of sp³-hybridized carbons (Fsp3) is 0.300. The molecule has 7 nitrogen and oxygen atoms in total. The Kier molecular flexibility index (Phi) is 9.84. The lowest BCUT2D eigenvalue weighted by atomic mass is 10.0. The van der Waals surface area contributed by atoms with Crippen LogP contribution in [0.3, 0.4) is 0 Å². The second-order valence-electron chi connectivity index (χ2n) is 9.65. The van der Waals surface area contributed by atoms with Crippen LogP contribution in [-0.4, -0.2) is 36.2 Å². The molecule has 3 rings (SSSR count). The van der Waals surface area contributed by atoms with Gasteiger partial charge in [0.2, 0.25) is 5.91 Å². The van der Waals surface area contributed by atoms with Gasteiger partial charge in [-0.3, -0.25) is 9.59 Å². The lowest BCUT2D eigenvalue weighted by molar-refractivity contribution is -0.144. The first-order chi connectivity index (χ1) is 17.7. The van der Waals surface area contributed by atoms with E-state index >= 15 is 0 Å². The predicted octanol–water partition coefficient (Wildman–Crippen LogP) is 5.04. The van der Waals surface area contributed by atoms with Crippen molar-refractivity contribution < 1.29 is 23.9 Å². The monoisotopic (exact) mass is 502 g/mol. The Morgan fingerprint density at radius 1 is 0.784 bits per heavy atom. The van der Waals surface area contributed by atoms with E-state index in [4.69, 9.17) is 9.47 Å². The van der Waals surface area contributed by atoms with Crippen molar-refractivity contribution in [3.8, 4) is 11.1 Å². The number of hydrogen-bond acceptors (Lipinski definition) is 5. The maximum Gasteiger partial charge on any atom is 0.408 e. The topological polar surface area (TPSA) is 93.7 Å². The zero-order valence-electron chi connectivity index (χ0n) is 21.5. The quantitative estimate of drug-likeness (QED) is 0.379. The zero-order valence-corrected chi connectivity index (χ0v) is 21.5. The second-order valence-corrected chi connectivity index (χ2v) is 9.65. The van der Waals surface area contributed by atoms with E-state index < -0.39 is 29.6 Å². The summed E-state index contributed by atoms with van der Waals surface area (Å²) in [5.74, 6) is -0.828. The molecule has 0 radical (unpaired) electrons. The smallest absolute Gasteiger partial charge is 0.408 e. The molecule has 194 valence electrons. The van der Waals surface area contributed by atoms with Crippen LogP contribution in [0.4, 0.5) is 4.79 Å². The van der Waals surface area contributed by atoms with Crippen LogP contribution < -0.4 is 10.6 Å². The van der Waals surface area contributed by atoms with Gasteiger partial charge in [-0.25, -0.2) is 4.79 Å². The van der Waals surface area contributed by atoms with Crippen molar-refractivity contribution in [1.29, 1.82) is 0 Å². The van der Waals surface area contributed by atoms with Gasteiger partial charge < -0.3 is 20.1 Å².